The van der Waals surface area contributed by atoms with Gasteiger partial charge in [0, 0.05) is 19.2 Å². The second kappa shape index (κ2) is 7.26. The van der Waals surface area contributed by atoms with Gasteiger partial charge in [-0.3, -0.25) is 9.89 Å². The number of fused-ring (bicyclic) bond motifs is 1. The molecule has 0 saturated carbocycles. The molecule has 0 amide bonds. The average Bonchev–Trinajstić information content (AvgIpc) is 3.33. The van der Waals surface area contributed by atoms with Gasteiger partial charge in [0.2, 0.25) is 0 Å². The predicted molar refractivity (Wildman–Crippen MR) is 104 cm³/mol. The number of aryl methyl sites for hydroxylation is 1. The third-order valence-electron chi connectivity index (χ3n) is 4.56. The van der Waals surface area contributed by atoms with E-state index in [-0.39, 0.29) is 11.5 Å². The van der Waals surface area contributed by atoms with Crippen molar-refractivity contribution < 1.29 is 4.74 Å². The minimum atomic E-state index is -0.263. The summed E-state index contributed by atoms with van der Waals surface area (Å²) >= 11 is 0. The van der Waals surface area contributed by atoms with Crippen LogP contribution in [0.25, 0.3) is 22.3 Å². The molecule has 0 aromatic carbocycles. The lowest BCUT2D eigenvalue weighted by atomic mass is 10.0. The molecule has 2 N–H and O–H groups in total. The predicted octanol–water partition coefficient (Wildman–Crippen LogP) is 3.14. The SMILES string of the molecule is CCCC(C)c1nc2c(-c3cn(C)cn3)ncc(Oc3cn[nH]c3)c2c(=O)[nH]1. The molecule has 0 aliphatic rings. The van der Waals surface area contributed by atoms with Crippen LogP contribution in [0.5, 0.6) is 11.5 Å². The summed E-state index contributed by atoms with van der Waals surface area (Å²) < 4.78 is 7.64. The first-order chi connectivity index (χ1) is 13.6. The maximum Gasteiger partial charge on any atom is 0.262 e. The van der Waals surface area contributed by atoms with E-state index in [0.29, 0.717) is 39.6 Å². The van der Waals surface area contributed by atoms with Crippen LogP contribution in [0.3, 0.4) is 0 Å². The fraction of sp³-hybridized carbons (Fsp3) is 0.316. The fourth-order valence-electron chi connectivity index (χ4n) is 3.16. The number of nitrogens with one attached hydrogen (secondary N) is 2. The van der Waals surface area contributed by atoms with E-state index in [9.17, 15) is 4.79 Å². The number of pyridine rings is 1. The van der Waals surface area contributed by atoms with Crippen LogP contribution in [0, 0.1) is 0 Å². The molecular weight excluding hydrogens is 358 g/mol. The molecule has 0 saturated heterocycles. The van der Waals surface area contributed by atoms with Crippen molar-refractivity contribution >= 4 is 10.9 Å². The van der Waals surface area contributed by atoms with Gasteiger partial charge in [0.25, 0.3) is 5.56 Å². The summed E-state index contributed by atoms with van der Waals surface area (Å²) in [5.41, 5.74) is 1.41. The minimum Gasteiger partial charge on any atom is -0.452 e. The highest BCUT2D eigenvalue weighted by Crippen LogP contribution is 2.31. The number of hydrogen-bond acceptors (Lipinski definition) is 6. The molecule has 4 rings (SSSR count). The Labute approximate surface area is 160 Å². The Bertz CT molecular complexity index is 1160. The summed E-state index contributed by atoms with van der Waals surface area (Å²) in [6.45, 7) is 4.15. The first-order valence-corrected chi connectivity index (χ1v) is 9.14. The van der Waals surface area contributed by atoms with Gasteiger partial charge in [-0.05, 0) is 6.42 Å². The molecule has 0 bridgehead atoms. The number of imidazole rings is 1. The van der Waals surface area contributed by atoms with E-state index in [2.05, 4.69) is 32.1 Å². The maximum absolute atomic E-state index is 13.0. The lowest BCUT2D eigenvalue weighted by molar-refractivity contribution is 0.485. The number of ether oxygens (including phenoxy) is 1. The lowest BCUT2D eigenvalue weighted by Gasteiger charge is -2.13. The molecular formula is C19H21N7O2. The van der Waals surface area contributed by atoms with Crippen molar-refractivity contribution in [2.45, 2.75) is 32.6 Å². The van der Waals surface area contributed by atoms with Gasteiger partial charge in [0.05, 0.1) is 24.9 Å². The highest BCUT2D eigenvalue weighted by Gasteiger charge is 2.20. The Kier molecular flexibility index (Phi) is 4.64. The van der Waals surface area contributed by atoms with Crippen LogP contribution in [-0.4, -0.2) is 34.7 Å². The van der Waals surface area contributed by atoms with Gasteiger partial charge in [-0.2, -0.15) is 5.10 Å². The first kappa shape index (κ1) is 17.9. The number of H-pyrrole nitrogens is 2. The van der Waals surface area contributed by atoms with Crippen LogP contribution in [-0.2, 0) is 7.05 Å². The van der Waals surface area contributed by atoms with Crippen molar-refractivity contribution in [3.05, 3.63) is 47.3 Å². The van der Waals surface area contributed by atoms with Crippen LogP contribution < -0.4 is 10.3 Å². The quantitative estimate of drug-likeness (QED) is 0.532. The van der Waals surface area contributed by atoms with Crippen LogP contribution >= 0.6 is 0 Å². The fourth-order valence-corrected chi connectivity index (χ4v) is 3.16. The standard InChI is InChI=1S/C19H21N7O2/c1-4-5-11(2)18-24-17-15(19(27)25-18)14(28-12-6-22-23-7-12)8-20-16(17)13-9-26(3)10-21-13/h6-11H,4-5H2,1-3H3,(H,22,23)(H,24,25,27). The summed E-state index contributed by atoms with van der Waals surface area (Å²) in [4.78, 5) is 29.6. The van der Waals surface area contributed by atoms with Crippen molar-refractivity contribution in [3.8, 4) is 22.9 Å². The van der Waals surface area contributed by atoms with Gasteiger partial charge in [-0.15, -0.1) is 0 Å². The van der Waals surface area contributed by atoms with Gasteiger partial charge < -0.3 is 14.3 Å². The van der Waals surface area contributed by atoms with Gasteiger partial charge in [-0.25, -0.2) is 15.0 Å². The van der Waals surface area contributed by atoms with Crippen molar-refractivity contribution in [1.82, 2.24) is 34.7 Å². The number of nitrogens with zero attached hydrogens (tertiary/aromatic N) is 5. The third kappa shape index (κ3) is 3.26. The molecule has 4 aromatic rings. The minimum absolute atomic E-state index is 0.122. The number of aromatic amines is 2. The molecule has 144 valence electrons. The highest BCUT2D eigenvalue weighted by molar-refractivity contribution is 5.93. The van der Waals surface area contributed by atoms with E-state index in [1.165, 1.54) is 12.4 Å². The van der Waals surface area contributed by atoms with E-state index in [1.807, 2.05) is 24.7 Å². The molecule has 0 aliphatic carbocycles. The Morgan fingerprint density at radius 1 is 1.29 bits per heavy atom. The Balaban J connectivity index is 1.95. The van der Waals surface area contributed by atoms with Crippen molar-refractivity contribution in [2.75, 3.05) is 0 Å². The second-order valence-electron chi connectivity index (χ2n) is 6.80. The van der Waals surface area contributed by atoms with E-state index < -0.39 is 0 Å². The van der Waals surface area contributed by atoms with Crippen molar-refractivity contribution in [1.29, 1.82) is 0 Å². The summed E-state index contributed by atoms with van der Waals surface area (Å²) in [6, 6.07) is 0. The molecule has 1 unspecified atom stereocenters. The molecule has 4 heterocycles. The Morgan fingerprint density at radius 3 is 2.82 bits per heavy atom. The number of hydrogen-bond donors (Lipinski definition) is 2. The Morgan fingerprint density at radius 2 is 2.14 bits per heavy atom. The van der Waals surface area contributed by atoms with Crippen LogP contribution in [0.1, 0.15) is 38.4 Å². The van der Waals surface area contributed by atoms with Gasteiger partial charge in [0.1, 0.15) is 28.1 Å². The number of aromatic nitrogens is 7. The first-order valence-electron chi connectivity index (χ1n) is 9.14. The largest absolute Gasteiger partial charge is 0.452 e. The molecule has 0 fully saturated rings. The summed E-state index contributed by atoms with van der Waals surface area (Å²) in [6.07, 6.45) is 10.1. The summed E-state index contributed by atoms with van der Waals surface area (Å²) in [5.74, 6) is 1.56. The molecule has 1 atom stereocenters. The second-order valence-corrected chi connectivity index (χ2v) is 6.80. The molecule has 0 aliphatic heterocycles. The van der Waals surface area contributed by atoms with E-state index in [0.717, 1.165) is 12.8 Å². The molecule has 0 spiro atoms. The smallest absolute Gasteiger partial charge is 0.262 e. The lowest BCUT2D eigenvalue weighted by Crippen LogP contribution is -2.15. The molecule has 9 heteroatoms. The highest BCUT2D eigenvalue weighted by atomic mass is 16.5. The van der Waals surface area contributed by atoms with Crippen molar-refractivity contribution in [2.24, 2.45) is 7.05 Å². The topological polar surface area (TPSA) is 114 Å². The third-order valence-corrected chi connectivity index (χ3v) is 4.56. The molecule has 4 aromatic heterocycles. The Hall–Kier alpha value is -3.49. The van der Waals surface area contributed by atoms with E-state index >= 15 is 0 Å². The van der Waals surface area contributed by atoms with E-state index in [1.54, 1.807) is 12.5 Å². The van der Waals surface area contributed by atoms with Gasteiger partial charge in [-0.1, -0.05) is 20.3 Å². The number of rotatable bonds is 6. The monoisotopic (exact) mass is 379 g/mol. The van der Waals surface area contributed by atoms with Crippen LogP contribution in [0.2, 0.25) is 0 Å². The zero-order chi connectivity index (χ0) is 19.7. The van der Waals surface area contributed by atoms with Crippen LogP contribution in [0.4, 0.5) is 0 Å². The zero-order valence-electron chi connectivity index (χ0n) is 15.9. The van der Waals surface area contributed by atoms with Gasteiger partial charge >= 0.3 is 0 Å². The van der Waals surface area contributed by atoms with Gasteiger partial charge in [0.15, 0.2) is 11.5 Å². The summed E-state index contributed by atoms with van der Waals surface area (Å²) in [5, 5.41) is 6.88. The van der Waals surface area contributed by atoms with E-state index in [4.69, 9.17) is 9.72 Å². The molecule has 28 heavy (non-hydrogen) atoms. The molecule has 9 nitrogen and oxygen atoms in total. The maximum atomic E-state index is 13.0. The molecule has 0 radical (unpaired) electrons. The average molecular weight is 379 g/mol. The summed E-state index contributed by atoms with van der Waals surface area (Å²) in [7, 11) is 1.88. The van der Waals surface area contributed by atoms with Crippen molar-refractivity contribution in [3.63, 3.8) is 0 Å². The normalized spacial score (nSPS) is 12.4. The van der Waals surface area contributed by atoms with Crippen LogP contribution in [0.15, 0.2) is 35.9 Å². The zero-order valence-corrected chi connectivity index (χ0v) is 15.9.